The molecular weight excluding hydrogens is 271 g/mol. The molecule has 2 N–H and O–H groups in total. The minimum absolute atomic E-state index is 0.0691. The minimum atomic E-state index is -0.0691. The van der Waals surface area contributed by atoms with E-state index in [9.17, 15) is 4.79 Å². The smallest absolute Gasteiger partial charge is 0.224 e. The fraction of sp³-hybridized carbons (Fsp3) is 0.154. The van der Waals surface area contributed by atoms with Crippen molar-refractivity contribution in [3.63, 3.8) is 0 Å². The SMILES string of the molecule is O=C(Cc1ccc(Cl)cc1Cl)NCc1cc[nH]c1. The molecule has 0 radical (unpaired) electrons. The molecule has 0 aliphatic heterocycles. The Labute approximate surface area is 115 Å². The summed E-state index contributed by atoms with van der Waals surface area (Å²) in [4.78, 5) is 14.7. The highest BCUT2D eigenvalue weighted by molar-refractivity contribution is 6.35. The molecule has 3 nitrogen and oxygen atoms in total. The zero-order valence-electron chi connectivity index (χ0n) is 9.54. The van der Waals surface area contributed by atoms with Crippen LogP contribution in [0.3, 0.4) is 0 Å². The van der Waals surface area contributed by atoms with Crippen LogP contribution in [0, 0.1) is 0 Å². The van der Waals surface area contributed by atoms with Gasteiger partial charge in [0.25, 0.3) is 0 Å². The number of benzene rings is 1. The van der Waals surface area contributed by atoms with Gasteiger partial charge in [0.05, 0.1) is 6.42 Å². The van der Waals surface area contributed by atoms with E-state index < -0.39 is 0 Å². The van der Waals surface area contributed by atoms with Crippen molar-refractivity contribution in [3.8, 4) is 0 Å². The average molecular weight is 283 g/mol. The van der Waals surface area contributed by atoms with Crippen molar-refractivity contribution in [2.45, 2.75) is 13.0 Å². The molecule has 2 aromatic rings. The van der Waals surface area contributed by atoms with Crippen LogP contribution in [-0.2, 0) is 17.8 Å². The first-order chi connectivity index (χ1) is 8.65. The number of hydrogen-bond donors (Lipinski definition) is 2. The summed E-state index contributed by atoms with van der Waals surface area (Å²) in [5, 5.41) is 3.90. The Bertz CT molecular complexity index is 538. The maximum absolute atomic E-state index is 11.7. The van der Waals surface area contributed by atoms with Crippen LogP contribution >= 0.6 is 23.2 Å². The molecular formula is C13H12Cl2N2O. The van der Waals surface area contributed by atoms with E-state index in [1.807, 2.05) is 18.5 Å². The second kappa shape index (κ2) is 5.94. The maximum atomic E-state index is 11.7. The first-order valence-corrected chi connectivity index (χ1v) is 6.23. The summed E-state index contributed by atoms with van der Waals surface area (Å²) in [5.74, 6) is -0.0691. The van der Waals surface area contributed by atoms with Gasteiger partial charge in [0.15, 0.2) is 0 Å². The Hall–Kier alpha value is -1.45. The van der Waals surface area contributed by atoms with Crippen molar-refractivity contribution in [1.29, 1.82) is 0 Å². The van der Waals surface area contributed by atoms with Crippen molar-refractivity contribution >= 4 is 29.1 Å². The van der Waals surface area contributed by atoms with Crippen LogP contribution in [0.25, 0.3) is 0 Å². The molecule has 0 bridgehead atoms. The Balaban J connectivity index is 1.91. The van der Waals surface area contributed by atoms with Gasteiger partial charge in [0.2, 0.25) is 5.91 Å². The Morgan fingerprint density at radius 2 is 2.11 bits per heavy atom. The monoisotopic (exact) mass is 282 g/mol. The second-order valence-electron chi connectivity index (χ2n) is 3.91. The van der Waals surface area contributed by atoms with Gasteiger partial charge in [-0.2, -0.15) is 0 Å². The van der Waals surface area contributed by atoms with Crippen LogP contribution in [0.4, 0.5) is 0 Å². The second-order valence-corrected chi connectivity index (χ2v) is 4.75. The number of hydrogen-bond acceptors (Lipinski definition) is 1. The third kappa shape index (κ3) is 3.52. The van der Waals surface area contributed by atoms with Crippen molar-refractivity contribution in [1.82, 2.24) is 10.3 Å². The summed E-state index contributed by atoms with van der Waals surface area (Å²) in [6, 6.07) is 7.04. The van der Waals surface area contributed by atoms with Gasteiger partial charge < -0.3 is 10.3 Å². The fourth-order valence-corrected chi connectivity index (χ4v) is 2.04. The van der Waals surface area contributed by atoms with E-state index in [1.54, 1.807) is 18.2 Å². The molecule has 0 saturated heterocycles. The van der Waals surface area contributed by atoms with Crippen LogP contribution in [0.2, 0.25) is 10.0 Å². The number of aromatic nitrogens is 1. The Morgan fingerprint density at radius 3 is 2.78 bits per heavy atom. The standard InChI is InChI=1S/C13H12Cl2N2O/c14-11-2-1-10(12(15)6-11)5-13(18)17-8-9-3-4-16-7-9/h1-4,6-7,16H,5,8H2,(H,17,18). The van der Waals surface area contributed by atoms with Gasteiger partial charge in [-0.05, 0) is 29.3 Å². The summed E-state index contributed by atoms with van der Waals surface area (Å²) >= 11 is 11.8. The molecule has 0 unspecified atom stereocenters. The molecule has 0 fully saturated rings. The van der Waals surface area contributed by atoms with Crippen LogP contribution in [0.15, 0.2) is 36.7 Å². The van der Waals surface area contributed by atoms with E-state index in [-0.39, 0.29) is 12.3 Å². The summed E-state index contributed by atoms with van der Waals surface area (Å²) in [7, 11) is 0. The lowest BCUT2D eigenvalue weighted by Gasteiger charge is -2.06. The maximum Gasteiger partial charge on any atom is 0.224 e. The van der Waals surface area contributed by atoms with E-state index in [2.05, 4.69) is 10.3 Å². The van der Waals surface area contributed by atoms with E-state index in [0.717, 1.165) is 11.1 Å². The highest BCUT2D eigenvalue weighted by Crippen LogP contribution is 2.21. The molecule has 1 heterocycles. The molecule has 0 aliphatic rings. The third-order valence-corrected chi connectivity index (χ3v) is 3.11. The van der Waals surface area contributed by atoms with Crippen molar-refractivity contribution in [2.24, 2.45) is 0 Å². The summed E-state index contributed by atoms with van der Waals surface area (Å²) < 4.78 is 0. The van der Waals surface area contributed by atoms with Crippen molar-refractivity contribution in [2.75, 3.05) is 0 Å². The molecule has 94 valence electrons. The molecule has 5 heteroatoms. The number of halogens is 2. The number of aromatic amines is 1. The minimum Gasteiger partial charge on any atom is -0.367 e. The van der Waals surface area contributed by atoms with Gasteiger partial charge in [-0.1, -0.05) is 29.3 Å². The predicted molar refractivity (Wildman–Crippen MR) is 72.8 cm³/mol. The Kier molecular flexibility index (Phi) is 4.28. The number of H-pyrrole nitrogens is 1. The number of amides is 1. The summed E-state index contributed by atoms with van der Waals surface area (Å²) in [6.45, 7) is 0.507. The van der Waals surface area contributed by atoms with Crippen LogP contribution in [0.5, 0.6) is 0 Å². The van der Waals surface area contributed by atoms with Crippen LogP contribution < -0.4 is 5.32 Å². The summed E-state index contributed by atoms with van der Waals surface area (Å²) in [6.07, 6.45) is 3.91. The highest BCUT2D eigenvalue weighted by Gasteiger charge is 2.07. The van der Waals surface area contributed by atoms with Gasteiger partial charge >= 0.3 is 0 Å². The van der Waals surface area contributed by atoms with Gasteiger partial charge in [0, 0.05) is 29.0 Å². The highest BCUT2D eigenvalue weighted by atomic mass is 35.5. The van der Waals surface area contributed by atoms with E-state index in [0.29, 0.717) is 16.6 Å². The average Bonchev–Trinajstić information content (AvgIpc) is 2.83. The topological polar surface area (TPSA) is 44.9 Å². The predicted octanol–water partition coefficient (Wildman–Crippen LogP) is 3.18. The lowest BCUT2D eigenvalue weighted by atomic mass is 10.1. The van der Waals surface area contributed by atoms with Crippen molar-refractivity contribution in [3.05, 3.63) is 57.8 Å². The lowest BCUT2D eigenvalue weighted by Crippen LogP contribution is -2.24. The van der Waals surface area contributed by atoms with E-state index in [1.165, 1.54) is 0 Å². The number of rotatable bonds is 4. The number of nitrogens with one attached hydrogen (secondary N) is 2. The molecule has 0 spiro atoms. The first-order valence-electron chi connectivity index (χ1n) is 5.47. The van der Waals surface area contributed by atoms with E-state index >= 15 is 0 Å². The fourth-order valence-electron chi connectivity index (χ4n) is 1.57. The first kappa shape index (κ1) is 13.0. The molecule has 18 heavy (non-hydrogen) atoms. The number of carbonyl (C=O) groups is 1. The van der Waals surface area contributed by atoms with Crippen LogP contribution in [0.1, 0.15) is 11.1 Å². The van der Waals surface area contributed by atoms with E-state index in [4.69, 9.17) is 23.2 Å². The Morgan fingerprint density at radius 1 is 1.28 bits per heavy atom. The normalized spacial score (nSPS) is 10.3. The zero-order valence-corrected chi connectivity index (χ0v) is 11.1. The largest absolute Gasteiger partial charge is 0.367 e. The molecule has 0 saturated carbocycles. The lowest BCUT2D eigenvalue weighted by molar-refractivity contribution is -0.120. The van der Waals surface area contributed by atoms with Crippen molar-refractivity contribution < 1.29 is 4.79 Å². The third-order valence-electron chi connectivity index (χ3n) is 2.52. The molecule has 2 rings (SSSR count). The quantitative estimate of drug-likeness (QED) is 0.889. The van der Waals surface area contributed by atoms with Gasteiger partial charge in [-0.15, -0.1) is 0 Å². The zero-order chi connectivity index (χ0) is 13.0. The molecule has 1 amide bonds. The van der Waals surface area contributed by atoms with Gasteiger partial charge in [-0.3, -0.25) is 4.79 Å². The van der Waals surface area contributed by atoms with Gasteiger partial charge in [-0.25, -0.2) is 0 Å². The molecule has 0 atom stereocenters. The molecule has 1 aromatic heterocycles. The number of carbonyl (C=O) groups excluding carboxylic acids is 1. The summed E-state index contributed by atoms with van der Waals surface area (Å²) in [5.41, 5.74) is 1.80. The molecule has 0 aliphatic carbocycles. The molecule has 1 aromatic carbocycles. The van der Waals surface area contributed by atoms with Gasteiger partial charge in [0.1, 0.15) is 0 Å². The van der Waals surface area contributed by atoms with Crippen LogP contribution in [-0.4, -0.2) is 10.9 Å².